The second-order valence-corrected chi connectivity index (χ2v) is 8.50. The fourth-order valence-corrected chi connectivity index (χ4v) is 5.11. The molecule has 7 heteroatoms. The molecule has 0 radical (unpaired) electrons. The highest BCUT2D eigenvalue weighted by Crippen LogP contribution is 2.27. The molecule has 0 saturated carbocycles. The minimum atomic E-state index is -0.633. The Morgan fingerprint density at radius 3 is 2.54 bits per heavy atom. The molecule has 2 aliphatic rings. The molecule has 0 bridgehead atoms. The van der Waals surface area contributed by atoms with Crippen molar-refractivity contribution in [3.05, 3.63) is 0 Å². The van der Waals surface area contributed by atoms with Gasteiger partial charge in [0.1, 0.15) is 0 Å². The second kappa shape index (κ2) is 11.4. The highest BCUT2D eigenvalue weighted by molar-refractivity contribution is 7.99. The van der Waals surface area contributed by atoms with Gasteiger partial charge in [-0.1, -0.05) is 26.7 Å². The van der Waals surface area contributed by atoms with Crippen molar-refractivity contribution in [2.75, 3.05) is 57.4 Å². The van der Waals surface area contributed by atoms with Gasteiger partial charge < -0.3 is 20.5 Å². The molecule has 2 atom stereocenters. The maximum absolute atomic E-state index is 10.5. The monoisotopic (exact) mass is 386 g/mol. The number of aliphatic hydroxyl groups is 1. The molecule has 152 valence electrons. The van der Waals surface area contributed by atoms with Crippen molar-refractivity contribution in [1.82, 2.24) is 15.5 Å². The smallest absolute Gasteiger partial charge is 0.191 e. The summed E-state index contributed by atoms with van der Waals surface area (Å²) in [5.74, 6) is 3.31. The molecule has 0 aromatic carbocycles. The zero-order chi connectivity index (χ0) is 18.8. The summed E-state index contributed by atoms with van der Waals surface area (Å²) in [6.45, 7) is 12.5. The summed E-state index contributed by atoms with van der Waals surface area (Å²) in [5.41, 5.74) is -0.633. The number of morpholine rings is 1. The fraction of sp³-hybridized carbons (Fsp3) is 0.947. The number of hydrogen-bond acceptors (Lipinski definition) is 5. The van der Waals surface area contributed by atoms with Crippen molar-refractivity contribution in [2.45, 2.75) is 51.7 Å². The lowest BCUT2D eigenvalue weighted by atomic mass is 9.92. The van der Waals surface area contributed by atoms with Crippen molar-refractivity contribution in [3.63, 3.8) is 0 Å². The minimum absolute atomic E-state index is 0.475. The largest absolute Gasteiger partial charge is 0.387 e. The summed E-state index contributed by atoms with van der Waals surface area (Å²) in [4.78, 5) is 7.25. The van der Waals surface area contributed by atoms with Gasteiger partial charge in [0.2, 0.25) is 0 Å². The van der Waals surface area contributed by atoms with Gasteiger partial charge in [-0.25, -0.2) is 0 Å². The Morgan fingerprint density at radius 1 is 1.23 bits per heavy atom. The summed E-state index contributed by atoms with van der Waals surface area (Å²) in [6, 6.07) is 0.489. The SMILES string of the molecule is CCNC(=NCC1(O)CCSC1)NCC(C(CC)CC)N1CCOCC1. The molecular formula is C19H38N4O2S. The number of guanidine groups is 1. The molecule has 2 heterocycles. The topological polar surface area (TPSA) is 69.1 Å². The maximum Gasteiger partial charge on any atom is 0.191 e. The van der Waals surface area contributed by atoms with Crippen LogP contribution in [0.2, 0.25) is 0 Å². The molecule has 2 rings (SSSR count). The van der Waals surface area contributed by atoms with E-state index in [1.807, 2.05) is 11.8 Å². The Hall–Kier alpha value is -0.500. The van der Waals surface area contributed by atoms with Gasteiger partial charge >= 0.3 is 0 Å². The van der Waals surface area contributed by atoms with Crippen molar-refractivity contribution >= 4 is 17.7 Å². The van der Waals surface area contributed by atoms with Gasteiger partial charge in [-0.05, 0) is 25.0 Å². The van der Waals surface area contributed by atoms with Crippen LogP contribution in [0.4, 0.5) is 0 Å². The number of ether oxygens (including phenoxy) is 1. The van der Waals surface area contributed by atoms with Crippen LogP contribution in [0.25, 0.3) is 0 Å². The van der Waals surface area contributed by atoms with E-state index in [-0.39, 0.29) is 0 Å². The average molecular weight is 387 g/mol. The van der Waals surface area contributed by atoms with Crippen LogP contribution in [0.5, 0.6) is 0 Å². The Kier molecular flexibility index (Phi) is 9.53. The molecule has 2 saturated heterocycles. The van der Waals surface area contributed by atoms with Crippen molar-refractivity contribution < 1.29 is 9.84 Å². The lowest BCUT2D eigenvalue weighted by Gasteiger charge is -2.39. The number of nitrogens with one attached hydrogen (secondary N) is 2. The first-order valence-corrected chi connectivity index (χ1v) is 11.4. The van der Waals surface area contributed by atoms with Crippen LogP contribution in [-0.4, -0.2) is 85.1 Å². The predicted octanol–water partition coefficient (Wildman–Crippen LogP) is 1.55. The minimum Gasteiger partial charge on any atom is -0.387 e. The van der Waals surface area contributed by atoms with Crippen LogP contribution >= 0.6 is 11.8 Å². The summed E-state index contributed by atoms with van der Waals surface area (Å²) in [5, 5.41) is 17.4. The maximum atomic E-state index is 10.5. The van der Waals surface area contributed by atoms with Crippen molar-refractivity contribution in [2.24, 2.45) is 10.9 Å². The van der Waals surface area contributed by atoms with Gasteiger partial charge in [-0.3, -0.25) is 9.89 Å². The van der Waals surface area contributed by atoms with Crippen LogP contribution < -0.4 is 10.6 Å². The van der Waals surface area contributed by atoms with E-state index in [4.69, 9.17) is 4.74 Å². The third kappa shape index (κ3) is 6.59. The van der Waals surface area contributed by atoms with E-state index in [0.29, 0.717) is 18.5 Å². The van der Waals surface area contributed by atoms with Gasteiger partial charge in [0, 0.05) is 38.0 Å². The normalized spacial score (nSPS) is 26.3. The molecule has 3 N–H and O–H groups in total. The number of hydrogen-bond donors (Lipinski definition) is 3. The predicted molar refractivity (Wildman–Crippen MR) is 111 cm³/mol. The van der Waals surface area contributed by atoms with E-state index in [9.17, 15) is 5.11 Å². The summed E-state index contributed by atoms with van der Waals surface area (Å²) in [6.07, 6.45) is 3.21. The van der Waals surface area contributed by atoms with Gasteiger partial charge in [0.15, 0.2) is 5.96 Å². The van der Waals surface area contributed by atoms with E-state index in [2.05, 4.69) is 41.3 Å². The van der Waals surface area contributed by atoms with Crippen LogP contribution in [0.3, 0.4) is 0 Å². The molecule has 2 aliphatic heterocycles. The van der Waals surface area contributed by atoms with Gasteiger partial charge in [0.05, 0.1) is 25.4 Å². The van der Waals surface area contributed by atoms with Crippen LogP contribution in [-0.2, 0) is 4.74 Å². The molecule has 0 spiro atoms. The molecule has 0 amide bonds. The van der Waals surface area contributed by atoms with Crippen LogP contribution in [0, 0.1) is 5.92 Å². The molecular weight excluding hydrogens is 348 g/mol. The lowest BCUT2D eigenvalue weighted by Crippen LogP contribution is -2.53. The third-order valence-corrected chi connectivity index (χ3v) is 6.78. The number of aliphatic imine (C=N–C) groups is 1. The first-order valence-electron chi connectivity index (χ1n) is 10.3. The van der Waals surface area contributed by atoms with Gasteiger partial charge in [0.25, 0.3) is 0 Å². The Labute approximate surface area is 163 Å². The molecule has 2 unspecified atom stereocenters. The Balaban J connectivity index is 1.97. The molecule has 0 aromatic heterocycles. The summed E-state index contributed by atoms with van der Waals surface area (Å²) >= 11 is 1.81. The number of nitrogens with zero attached hydrogens (tertiary/aromatic N) is 2. The van der Waals surface area contributed by atoms with Crippen molar-refractivity contribution in [1.29, 1.82) is 0 Å². The highest BCUT2D eigenvalue weighted by Gasteiger charge is 2.32. The van der Waals surface area contributed by atoms with E-state index in [1.54, 1.807) is 0 Å². The zero-order valence-corrected chi connectivity index (χ0v) is 17.6. The van der Waals surface area contributed by atoms with Crippen molar-refractivity contribution in [3.8, 4) is 0 Å². The van der Waals surface area contributed by atoms with Crippen LogP contribution in [0.15, 0.2) is 4.99 Å². The first kappa shape index (κ1) is 21.8. The lowest BCUT2D eigenvalue weighted by molar-refractivity contribution is 0.00270. The molecule has 2 fully saturated rings. The molecule has 0 aliphatic carbocycles. The standard InChI is InChI=1S/C19H38N4O2S/c1-4-16(5-2)17(23-8-10-25-11-9-23)13-21-18(20-6-3)22-14-19(24)7-12-26-15-19/h16-17,24H,4-15H2,1-3H3,(H2,20,21,22). The van der Waals surface area contributed by atoms with Gasteiger partial charge in [-0.2, -0.15) is 11.8 Å². The summed E-state index contributed by atoms with van der Waals surface area (Å²) in [7, 11) is 0. The highest BCUT2D eigenvalue weighted by atomic mass is 32.2. The average Bonchev–Trinajstić information content (AvgIpc) is 3.10. The number of rotatable bonds is 9. The molecule has 26 heavy (non-hydrogen) atoms. The van der Waals surface area contributed by atoms with Crippen LogP contribution in [0.1, 0.15) is 40.0 Å². The zero-order valence-electron chi connectivity index (χ0n) is 16.8. The van der Waals surface area contributed by atoms with E-state index in [0.717, 1.165) is 63.3 Å². The third-order valence-electron chi connectivity index (χ3n) is 5.54. The van der Waals surface area contributed by atoms with E-state index < -0.39 is 5.60 Å². The Morgan fingerprint density at radius 2 is 1.96 bits per heavy atom. The summed E-state index contributed by atoms with van der Waals surface area (Å²) < 4.78 is 5.54. The fourth-order valence-electron chi connectivity index (χ4n) is 3.83. The first-order chi connectivity index (χ1) is 12.6. The van der Waals surface area contributed by atoms with Gasteiger partial charge in [-0.15, -0.1) is 0 Å². The molecule has 6 nitrogen and oxygen atoms in total. The van der Waals surface area contributed by atoms with E-state index >= 15 is 0 Å². The second-order valence-electron chi connectivity index (χ2n) is 7.40. The number of thioether (sulfide) groups is 1. The quantitative estimate of drug-likeness (QED) is 0.413. The molecule has 0 aromatic rings. The van der Waals surface area contributed by atoms with E-state index in [1.165, 1.54) is 12.8 Å². The Bertz CT molecular complexity index is 420.